The predicted molar refractivity (Wildman–Crippen MR) is 114 cm³/mol. The second-order valence-electron chi connectivity index (χ2n) is 8.09. The number of nitrogens with zero attached hydrogens (tertiary/aromatic N) is 4. The number of fused-ring (bicyclic) bond motifs is 1. The molecule has 28 heavy (non-hydrogen) atoms. The molecule has 6 heteroatoms. The van der Waals surface area contributed by atoms with Gasteiger partial charge < -0.3 is 4.90 Å². The second-order valence-corrected chi connectivity index (χ2v) is 9.13. The third kappa shape index (κ3) is 3.72. The molecule has 1 aliphatic rings. The lowest BCUT2D eigenvalue weighted by molar-refractivity contribution is 0.209. The number of likely N-dealkylation sites (tertiary alicyclic amines) is 1. The normalized spacial score (nSPS) is 16.5. The minimum absolute atomic E-state index is 0.226. The van der Waals surface area contributed by atoms with E-state index in [9.17, 15) is 4.39 Å². The fourth-order valence-electron chi connectivity index (χ4n) is 4.09. The summed E-state index contributed by atoms with van der Waals surface area (Å²) in [7, 11) is 0. The van der Waals surface area contributed by atoms with Gasteiger partial charge in [-0.05, 0) is 50.9 Å². The largest absolute Gasteiger partial charge is 0.303 e. The number of halogens is 1. The van der Waals surface area contributed by atoms with E-state index in [4.69, 9.17) is 10.1 Å². The molecule has 1 aromatic carbocycles. The van der Waals surface area contributed by atoms with Crippen LogP contribution in [0.15, 0.2) is 24.4 Å². The van der Waals surface area contributed by atoms with Crippen LogP contribution in [0.2, 0.25) is 0 Å². The van der Waals surface area contributed by atoms with Gasteiger partial charge >= 0.3 is 0 Å². The first-order valence-corrected chi connectivity index (χ1v) is 11.3. The zero-order chi connectivity index (χ0) is 19.7. The van der Waals surface area contributed by atoms with Gasteiger partial charge in [-0.3, -0.25) is 0 Å². The Bertz CT molecular complexity index is 937. The van der Waals surface area contributed by atoms with E-state index < -0.39 is 0 Å². The lowest BCUT2D eigenvalue weighted by atomic mass is 9.97. The highest BCUT2D eigenvalue weighted by molar-refractivity contribution is 7.14. The highest BCUT2D eigenvalue weighted by atomic mass is 32.1. The van der Waals surface area contributed by atoms with E-state index in [1.807, 2.05) is 12.3 Å². The molecule has 0 unspecified atom stereocenters. The molecule has 3 heterocycles. The molecule has 0 aliphatic carbocycles. The average Bonchev–Trinajstić information content (AvgIpc) is 3.32. The smallest absolute Gasteiger partial charge is 0.149 e. The Morgan fingerprint density at radius 3 is 2.75 bits per heavy atom. The van der Waals surface area contributed by atoms with Crippen LogP contribution in [0.3, 0.4) is 0 Å². The number of benzene rings is 1. The SMILES string of the molecule is CCCCN1CCC(c2ncc(-n3nc(C(C)C)c4cccc(F)c43)s2)CC1. The molecule has 0 radical (unpaired) electrons. The molecule has 2 aromatic heterocycles. The summed E-state index contributed by atoms with van der Waals surface area (Å²) < 4.78 is 16.4. The summed E-state index contributed by atoms with van der Waals surface area (Å²) in [5, 5.41) is 7.73. The van der Waals surface area contributed by atoms with Crippen molar-refractivity contribution in [2.24, 2.45) is 0 Å². The van der Waals surface area contributed by atoms with Crippen LogP contribution in [0, 0.1) is 5.82 Å². The van der Waals surface area contributed by atoms with Crippen molar-refractivity contribution in [1.29, 1.82) is 0 Å². The van der Waals surface area contributed by atoms with Crippen molar-refractivity contribution in [3.05, 3.63) is 40.9 Å². The molecule has 4 rings (SSSR count). The van der Waals surface area contributed by atoms with E-state index in [2.05, 4.69) is 25.7 Å². The zero-order valence-corrected chi connectivity index (χ0v) is 17.8. The third-order valence-electron chi connectivity index (χ3n) is 5.71. The van der Waals surface area contributed by atoms with Crippen molar-refractivity contribution in [2.45, 2.75) is 58.3 Å². The Morgan fingerprint density at radius 1 is 1.25 bits per heavy atom. The van der Waals surface area contributed by atoms with Gasteiger partial charge in [-0.2, -0.15) is 5.10 Å². The summed E-state index contributed by atoms with van der Waals surface area (Å²) in [5.41, 5.74) is 1.50. The van der Waals surface area contributed by atoms with Crippen LogP contribution < -0.4 is 0 Å². The fourth-order valence-corrected chi connectivity index (χ4v) is 5.13. The van der Waals surface area contributed by atoms with Gasteiger partial charge in [-0.25, -0.2) is 14.1 Å². The molecule has 0 saturated carbocycles. The molecule has 1 aliphatic heterocycles. The first-order chi connectivity index (χ1) is 13.6. The van der Waals surface area contributed by atoms with Crippen LogP contribution in [-0.4, -0.2) is 39.3 Å². The molecule has 0 N–H and O–H groups in total. The van der Waals surface area contributed by atoms with Gasteiger partial charge in [0, 0.05) is 11.3 Å². The number of thiazole rings is 1. The summed E-state index contributed by atoms with van der Waals surface area (Å²) in [6.07, 6.45) is 6.71. The lowest BCUT2D eigenvalue weighted by Gasteiger charge is -2.30. The van der Waals surface area contributed by atoms with Gasteiger partial charge in [0.15, 0.2) is 0 Å². The number of hydrogen-bond acceptors (Lipinski definition) is 4. The molecule has 0 spiro atoms. The maximum atomic E-state index is 14.6. The van der Waals surface area contributed by atoms with E-state index in [1.165, 1.54) is 25.5 Å². The Balaban J connectivity index is 1.59. The highest BCUT2D eigenvalue weighted by Gasteiger charge is 2.24. The van der Waals surface area contributed by atoms with Crippen LogP contribution in [0.4, 0.5) is 4.39 Å². The van der Waals surface area contributed by atoms with Crippen molar-refractivity contribution < 1.29 is 4.39 Å². The number of hydrogen-bond donors (Lipinski definition) is 0. The number of unbranched alkanes of at least 4 members (excludes halogenated alkanes) is 1. The van der Waals surface area contributed by atoms with Gasteiger partial charge in [0.2, 0.25) is 0 Å². The van der Waals surface area contributed by atoms with Crippen LogP contribution >= 0.6 is 11.3 Å². The molecule has 3 aromatic rings. The minimum atomic E-state index is -0.226. The quantitative estimate of drug-likeness (QED) is 0.530. The summed E-state index contributed by atoms with van der Waals surface area (Å²) in [6, 6.07) is 5.24. The first-order valence-electron chi connectivity index (χ1n) is 10.4. The third-order valence-corrected chi connectivity index (χ3v) is 6.85. The van der Waals surface area contributed by atoms with Crippen molar-refractivity contribution in [3.8, 4) is 5.00 Å². The van der Waals surface area contributed by atoms with Crippen molar-refractivity contribution in [3.63, 3.8) is 0 Å². The second kappa shape index (κ2) is 8.29. The van der Waals surface area contributed by atoms with Crippen LogP contribution in [0.1, 0.15) is 69.0 Å². The predicted octanol–water partition coefficient (Wildman–Crippen LogP) is 5.72. The van der Waals surface area contributed by atoms with Crippen molar-refractivity contribution in [1.82, 2.24) is 19.7 Å². The first kappa shape index (κ1) is 19.5. The summed E-state index contributed by atoms with van der Waals surface area (Å²) >= 11 is 1.66. The van der Waals surface area contributed by atoms with E-state index >= 15 is 0 Å². The maximum absolute atomic E-state index is 14.6. The molecule has 0 atom stereocenters. The van der Waals surface area contributed by atoms with E-state index in [0.717, 1.165) is 47.0 Å². The van der Waals surface area contributed by atoms with Crippen molar-refractivity contribution in [2.75, 3.05) is 19.6 Å². The zero-order valence-electron chi connectivity index (χ0n) is 17.0. The van der Waals surface area contributed by atoms with Crippen LogP contribution in [0.5, 0.6) is 0 Å². The molecule has 150 valence electrons. The Kier molecular flexibility index (Phi) is 5.78. The van der Waals surface area contributed by atoms with Crippen molar-refractivity contribution >= 4 is 22.2 Å². The maximum Gasteiger partial charge on any atom is 0.149 e. The van der Waals surface area contributed by atoms with E-state index in [-0.39, 0.29) is 11.7 Å². The van der Waals surface area contributed by atoms with Crippen LogP contribution in [-0.2, 0) is 0 Å². The Hall–Kier alpha value is -1.79. The number of rotatable bonds is 6. The van der Waals surface area contributed by atoms with Gasteiger partial charge in [-0.15, -0.1) is 0 Å². The lowest BCUT2D eigenvalue weighted by Crippen LogP contribution is -2.33. The molecule has 1 saturated heterocycles. The van der Waals surface area contributed by atoms with E-state index in [1.54, 1.807) is 22.1 Å². The number of piperidine rings is 1. The monoisotopic (exact) mass is 400 g/mol. The molecule has 0 amide bonds. The fraction of sp³-hybridized carbons (Fsp3) is 0.545. The number of para-hydroxylation sites is 1. The highest BCUT2D eigenvalue weighted by Crippen LogP contribution is 2.35. The summed E-state index contributed by atoms with van der Waals surface area (Å²) in [4.78, 5) is 7.28. The van der Waals surface area contributed by atoms with E-state index in [0.29, 0.717) is 11.4 Å². The van der Waals surface area contributed by atoms with Gasteiger partial charge in [0.25, 0.3) is 0 Å². The average molecular weight is 401 g/mol. The number of aromatic nitrogens is 3. The van der Waals surface area contributed by atoms with Gasteiger partial charge in [0.05, 0.1) is 16.9 Å². The summed E-state index contributed by atoms with van der Waals surface area (Å²) in [5.74, 6) is 0.523. The Morgan fingerprint density at radius 2 is 2.04 bits per heavy atom. The van der Waals surface area contributed by atoms with Gasteiger partial charge in [-0.1, -0.05) is 50.7 Å². The Labute approximate surface area is 170 Å². The molecular formula is C22H29FN4S. The summed E-state index contributed by atoms with van der Waals surface area (Å²) in [6.45, 7) is 9.95. The molecule has 0 bridgehead atoms. The topological polar surface area (TPSA) is 34.0 Å². The standard InChI is InChI=1S/C22H29FN4S/c1-4-5-11-26-12-9-16(10-13-26)22-24-14-19(28-22)27-21-17(7-6-8-18(21)23)20(25-27)15(2)3/h6-8,14-16H,4-5,9-13H2,1-3H3. The molecule has 4 nitrogen and oxygen atoms in total. The van der Waals surface area contributed by atoms with Gasteiger partial charge in [0.1, 0.15) is 16.3 Å². The molecule has 1 fully saturated rings. The minimum Gasteiger partial charge on any atom is -0.303 e. The van der Waals surface area contributed by atoms with Crippen LogP contribution in [0.25, 0.3) is 15.9 Å². The molecular weight excluding hydrogens is 371 g/mol.